The van der Waals surface area contributed by atoms with Crippen LogP contribution < -0.4 is 0 Å². The summed E-state index contributed by atoms with van der Waals surface area (Å²) in [5, 5.41) is 12.0. The SMILES string of the molecule is O=S(=O)(O)Cc1cc(Cl)ccc1S(=O)(=O)c1ccc(Cl)cc1CSOOO. The van der Waals surface area contributed by atoms with Crippen molar-refractivity contribution in [3.05, 3.63) is 57.6 Å². The Balaban J connectivity index is 2.60. The zero-order valence-corrected chi connectivity index (χ0v) is 17.2. The van der Waals surface area contributed by atoms with E-state index >= 15 is 0 Å². The quantitative estimate of drug-likeness (QED) is 0.193. The van der Waals surface area contributed by atoms with Crippen LogP contribution in [0.5, 0.6) is 0 Å². The van der Waals surface area contributed by atoms with Gasteiger partial charge in [-0.15, -0.1) is 4.33 Å². The van der Waals surface area contributed by atoms with E-state index in [1.54, 1.807) is 0 Å². The number of hydrogen-bond donors (Lipinski definition) is 2. The Morgan fingerprint density at radius 3 is 1.96 bits per heavy atom. The van der Waals surface area contributed by atoms with Crippen molar-refractivity contribution in [2.24, 2.45) is 0 Å². The molecule has 0 spiro atoms. The lowest BCUT2D eigenvalue weighted by Gasteiger charge is -2.14. The average Bonchev–Trinajstić information content (AvgIpc) is 2.53. The van der Waals surface area contributed by atoms with E-state index < -0.39 is 25.7 Å². The van der Waals surface area contributed by atoms with Gasteiger partial charge in [-0.2, -0.15) is 8.42 Å². The van der Waals surface area contributed by atoms with Gasteiger partial charge in [0.05, 0.1) is 9.79 Å². The van der Waals surface area contributed by atoms with Crippen LogP contribution in [0.25, 0.3) is 0 Å². The van der Waals surface area contributed by atoms with Gasteiger partial charge in [-0.25, -0.2) is 13.7 Å². The van der Waals surface area contributed by atoms with Gasteiger partial charge in [-0.3, -0.25) is 4.55 Å². The van der Waals surface area contributed by atoms with Gasteiger partial charge < -0.3 is 0 Å². The van der Waals surface area contributed by atoms with Gasteiger partial charge in [0.25, 0.3) is 10.1 Å². The first-order valence-corrected chi connectivity index (χ1v) is 11.7. The van der Waals surface area contributed by atoms with Crippen LogP contribution in [0, 0.1) is 0 Å². The summed E-state index contributed by atoms with van der Waals surface area (Å²) in [6, 6.07) is 7.56. The lowest BCUT2D eigenvalue weighted by atomic mass is 10.2. The van der Waals surface area contributed by atoms with Gasteiger partial charge in [-0.1, -0.05) is 28.2 Å². The molecule has 8 nitrogen and oxygen atoms in total. The van der Waals surface area contributed by atoms with Gasteiger partial charge in [-0.05, 0) is 47.5 Å². The lowest BCUT2D eigenvalue weighted by molar-refractivity contribution is -0.432. The van der Waals surface area contributed by atoms with Crippen molar-refractivity contribution in [2.75, 3.05) is 0 Å². The second kappa shape index (κ2) is 9.07. The molecule has 13 heteroatoms. The Morgan fingerprint density at radius 2 is 1.44 bits per heavy atom. The van der Waals surface area contributed by atoms with E-state index in [0.717, 1.165) is 12.1 Å². The highest BCUT2D eigenvalue weighted by Crippen LogP contribution is 2.32. The smallest absolute Gasteiger partial charge is 0.269 e. The number of halogens is 2. The highest BCUT2D eigenvalue weighted by molar-refractivity contribution is 7.94. The molecule has 0 unspecified atom stereocenters. The van der Waals surface area contributed by atoms with Crippen LogP contribution in [0.3, 0.4) is 0 Å². The fourth-order valence-corrected chi connectivity index (χ4v) is 5.61. The molecule has 0 amide bonds. The second-order valence-corrected chi connectivity index (χ2v) is 10.0. The number of hydrogen-bond acceptors (Lipinski definition) is 8. The predicted molar refractivity (Wildman–Crippen MR) is 99.7 cm³/mol. The molecule has 0 atom stereocenters. The third kappa shape index (κ3) is 6.04. The maximum absolute atomic E-state index is 13.1. The molecule has 0 bridgehead atoms. The summed E-state index contributed by atoms with van der Waals surface area (Å²) in [5.41, 5.74) is 0.0331. The van der Waals surface area contributed by atoms with Crippen LogP contribution in [0.2, 0.25) is 10.0 Å². The molecule has 0 aromatic heterocycles. The molecule has 2 N–H and O–H groups in total. The summed E-state index contributed by atoms with van der Waals surface area (Å²) in [6.45, 7) is 0. The minimum absolute atomic E-state index is 0.0586. The Hall–Kier alpha value is -0.890. The summed E-state index contributed by atoms with van der Waals surface area (Å²) in [4.78, 5) is -0.503. The Kier molecular flexibility index (Phi) is 7.53. The highest BCUT2D eigenvalue weighted by Gasteiger charge is 2.26. The van der Waals surface area contributed by atoms with Crippen molar-refractivity contribution < 1.29 is 36.0 Å². The van der Waals surface area contributed by atoms with Gasteiger partial charge >= 0.3 is 0 Å². The highest BCUT2D eigenvalue weighted by atomic mass is 35.5. The fraction of sp³-hybridized carbons (Fsp3) is 0.143. The van der Waals surface area contributed by atoms with Crippen LogP contribution in [-0.4, -0.2) is 26.6 Å². The number of benzene rings is 2. The number of rotatable bonds is 8. The van der Waals surface area contributed by atoms with Crippen LogP contribution in [0.15, 0.2) is 46.2 Å². The van der Waals surface area contributed by atoms with Crippen LogP contribution in [-0.2, 0) is 40.8 Å². The Morgan fingerprint density at radius 1 is 0.926 bits per heavy atom. The molecule has 148 valence electrons. The summed E-state index contributed by atoms with van der Waals surface area (Å²) >= 11 is 12.3. The minimum atomic E-state index is -4.51. The molecule has 0 fully saturated rings. The van der Waals surface area contributed by atoms with Crippen LogP contribution in [0.4, 0.5) is 0 Å². The monoisotopic (exact) mass is 474 g/mol. The third-order valence-corrected chi connectivity index (χ3v) is 6.94. The second-order valence-electron chi connectivity index (χ2n) is 5.14. The normalized spacial score (nSPS) is 12.3. The van der Waals surface area contributed by atoms with Gasteiger partial charge in [0.15, 0.2) is 0 Å². The standard InChI is InChI=1S/C14H12Cl2O8S3/c15-11-1-3-13(9(5-11)7-25-24-23-17)27(21,22)14-4-2-12(16)6-10(14)8-26(18,19)20/h1-6,17H,7-8H2,(H,18,19,20). The minimum Gasteiger partial charge on any atom is -0.285 e. The maximum Gasteiger partial charge on any atom is 0.269 e. The van der Waals surface area contributed by atoms with Crippen molar-refractivity contribution >= 4 is 55.2 Å². The first kappa shape index (κ1) is 22.4. The number of sulfone groups is 1. The summed E-state index contributed by atoms with van der Waals surface area (Å²) in [6.07, 6.45) is 0. The van der Waals surface area contributed by atoms with Crippen molar-refractivity contribution in [1.29, 1.82) is 0 Å². The molecular weight excluding hydrogens is 463 g/mol. The summed E-state index contributed by atoms with van der Waals surface area (Å²) in [5.74, 6) is -0.988. The molecule has 0 aliphatic rings. The van der Waals surface area contributed by atoms with E-state index in [4.69, 9.17) is 33.0 Å². The zero-order valence-electron chi connectivity index (χ0n) is 13.2. The van der Waals surface area contributed by atoms with E-state index in [-0.39, 0.29) is 36.7 Å². The average molecular weight is 475 g/mol. The van der Waals surface area contributed by atoms with Gasteiger partial charge in [0.1, 0.15) is 5.75 Å². The van der Waals surface area contributed by atoms with Crippen LogP contribution in [0.1, 0.15) is 11.1 Å². The molecule has 2 aromatic rings. The van der Waals surface area contributed by atoms with Gasteiger partial charge in [0.2, 0.25) is 9.84 Å². The lowest BCUT2D eigenvalue weighted by Crippen LogP contribution is -2.11. The molecule has 0 saturated carbocycles. The van der Waals surface area contributed by atoms with Crippen LogP contribution >= 0.6 is 35.2 Å². The van der Waals surface area contributed by atoms with E-state index in [1.165, 1.54) is 24.3 Å². The summed E-state index contributed by atoms with van der Waals surface area (Å²) < 4.78 is 62.1. The predicted octanol–water partition coefficient (Wildman–Crippen LogP) is 3.78. The molecule has 0 aliphatic heterocycles. The van der Waals surface area contributed by atoms with E-state index in [0.29, 0.717) is 12.0 Å². The first-order valence-electron chi connectivity index (χ1n) is 6.91. The fourth-order valence-electron chi connectivity index (χ4n) is 2.27. The maximum atomic E-state index is 13.1. The first-order chi connectivity index (χ1) is 12.5. The molecular formula is C14H12Cl2O8S3. The van der Waals surface area contributed by atoms with E-state index in [1.807, 2.05) is 0 Å². The van der Waals surface area contributed by atoms with E-state index in [9.17, 15) is 16.8 Å². The molecule has 0 saturated heterocycles. The molecule has 0 aliphatic carbocycles. The van der Waals surface area contributed by atoms with Crippen molar-refractivity contribution in [1.82, 2.24) is 0 Å². The van der Waals surface area contributed by atoms with Crippen molar-refractivity contribution in [3.8, 4) is 0 Å². The Bertz CT molecular complexity index is 1040. The summed E-state index contributed by atoms with van der Waals surface area (Å²) in [7, 11) is -8.71. The molecule has 0 heterocycles. The third-order valence-electron chi connectivity index (χ3n) is 3.25. The molecule has 2 aromatic carbocycles. The zero-order chi connectivity index (χ0) is 20.2. The van der Waals surface area contributed by atoms with Gasteiger partial charge in [0, 0.05) is 27.8 Å². The molecule has 27 heavy (non-hydrogen) atoms. The van der Waals surface area contributed by atoms with E-state index in [2.05, 4.69) is 9.37 Å². The Labute approximate surface area is 169 Å². The largest absolute Gasteiger partial charge is 0.285 e. The molecule has 2 rings (SSSR count). The molecule has 0 radical (unpaired) electrons. The topological polar surface area (TPSA) is 127 Å². The van der Waals surface area contributed by atoms with Crippen molar-refractivity contribution in [2.45, 2.75) is 21.3 Å². The van der Waals surface area contributed by atoms with Crippen molar-refractivity contribution in [3.63, 3.8) is 0 Å².